The molecule has 4 N–H and O–H groups in total. The Labute approximate surface area is 209 Å². The van der Waals surface area contributed by atoms with Gasteiger partial charge in [0.25, 0.3) is 11.8 Å². The van der Waals surface area contributed by atoms with Crippen molar-refractivity contribution >= 4 is 51.7 Å². The van der Waals surface area contributed by atoms with Crippen LogP contribution in [0.5, 0.6) is 0 Å². The number of hydrogen-bond donors (Lipinski definition) is 3. The molecule has 1 aromatic rings. The number of carbonyl (C=O) groups is 3. The van der Waals surface area contributed by atoms with Gasteiger partial charge in [-0.05, 0) is 5.57 Å². The molecule has 2 aliphatic rings. The number of aromatic nitrogens is 1. The van der Waals surface area contributed by atoms with Crippen molar-refractivity contribution in [1.82, 2.24) is 15.2 Å². The number of aliphatic hydroxyl groups is 1. The van der Waals surface area contributed by atoms with Crippen LogP contribution >= 0.6 is 23.1 Å². The standard InChI is InChI=1S/C14H15N5O6S2.K/c1-25-18-7(6-4-27-14(15)16-6)10(21)17-8-11(22)19-9(13(23)24)5(2-20)3-26-12(8)19;/h4,8,12,20H,2-3H2,1H3,(H2,15,16)(H,17,21)(H,23,24);/q;+1/p-1/b18-7-;/t8-,12-;/m1./s1. The Morgan fingerprint density at radius 1 is 1.57 bits per heavy atom. The van der Waals surface area contributed by atoms with Crippen LogP contribution < -0.4 is 67.5 Å². The van der Waals surface area contributed by atoms with E-state index in [0.717, 1.165) is 16.2 Å². The van der Waals surface area contributed by atoms with Crippen LogP contribution in [0.25, 0.3) is 0 Å². The average molecular weight is 452 g/mol. The molecule has 11 nitrogen and oxygen atoms in total. The van der Waals surface area contributed by atoms with Gasteiger partial charge in [-0.1, -0.05) is 5.16 Å². The molecule has 0 bridgehead atoms. The van der Waals surface area contributed by atoms with E-state index >= 15 is 0 Å². The van der Waals surface area contributed by atoms with E-state index in [1.54, 1.807) is 0 Å². The van der Waals surface area contributed by atoms with E-state index in [0.29, 0.717) is 0 Å². The zero-order valence-electron chi connectivity index (χ0n) is 14.9. The fraction of sp³-hybridized carbons (Fsp3) is 0.357. The number of nitrogens with zero attached hydrogens (tertiary/aromatic N) is 3. The number of nitrogens with two attached hydrogens (primary N) is 1. The van der Waals surface area contributed by atoms with E-state index in [1.807, 2.05) is 0 Å². The second-order valence-electron chi connectivity index (χ2n) is 5.45. The predicted molar refractivity (Wildman–Crippen MR) is 94.2 cm³/mol. The summed E-state index contributed by atoms with van der Waals surface area (Å²) in [5.74, 6) is -2.70. The number of aliphatic carboxylic acids is 1. The summed E-state index contributed by atoms with van der Waals surface area (Å²) >= 11 is 2.33. The molecule has 0 spiro atoms. The van der Waals surface area contributed by atoms with Crippen LogP contribution in [-0.4, -0.2) is 69.4 Å². The van der Waals surface area contributed by atoms with Crippen LogP contribution in [-0.2, 0) is 19.2 Å². The van der Waals surface area contributed by atoms with E-state index in [9.17, 15) is 24.6 Å². The SMILES string of the molecule is CO/N=C(\C(=O)N[C@@H]1C(=O)N2C(C(=O)[O-])=C(CO)CS[C@H]12)c1csc(N)n1.[K+]. The van der Waals surface area contributed by atoms with Gasteiger partial charge in [0.2, 0.25) is 0 Å². The summed E-state index contributed by atoms with van der Waals surface area (Å²) in [6.45, 7) is -0.500. The topological polar surface area (TPSA) is 170 Å². The molecular weight excluding hydrogens is 437 g/mol. The fourth-order valence-corrected chi connectivity index (χ4v) is 4.58. The number of β-lactam (4-membered cyclic amide) rings is 1. The molecule has 0 saturated carbocycles. The summed E-state index contributed by atoms with van der Waals surface area (Å²) in [6, 6.07) is -0.963. The number of amides is 2. The number of carboxylic acids is 1. The van der Waals surface area contributed by atoms with Crippen LogP contribution in [0.3, 0.4) is 0 Å². The Hall–Kier alpha value is -1.00. The minimum atomic E-state index is -1.55. The van der Waals surface area contributed by atoms with Crippen molar-refractivity contribution in [1.29, 1.82) is 0 Å². The second-order valence-corrected chi connectivity index (χ2v) is 7.45. The van der Waals surface area contributed by atoms with Gasteiger partial charge >= 0.3 is 51.4 Å². The Morgan fingerprint density at radius 2 is 2.29 bits per heavy atom. The first-order valence-electron chi connectivity index (χ1n) is 7.51. The van der Waals surface area contributed by atoms with E-state index in [-0.39, 0.29) is 84.9 Å². The zero-order valence-corrected chi connectivity index (χ0v) is 19.6. The van der Waals surface area contributed by atoms with E-state index in [2.05, 4.69) is 20.3 Å². The van der Waals surface area contributed by atoms with Crippen LogP contribution in [0.15, 0.2) is 21.8 Å². The molecule has 28 heavy (non-hydrogen) atoms. The number of hydrogen-bond acceptors (Lipinski definition) is 11. The van der Waals surface area contributed by atoms with Gasteiger partial charge in [-0.2, -0.15) is 0 Å². The van der Waals surface area contributed by atoms with Crippen LogP contribution in [0.1, 0.15) is 5.69 Å². The first-order chi connectivity index (χ1) is 12.9. The van der Waals surface area contributed by atoms with Crippen LogP contribution in [0.4, 0.5) is 5.13 Å². The van der Waals surface area contributed by atoms with Gasteiger partial charge in [-0.3, -0.25) is 14.5 Å². The number of anilines is 1. The third kappa shape index (κ3) is 4.28. The monoisotopic (exact) mass is 451 g/mol. The Balaban J connectivity index is 0.00000280. The molecule has 0 radical (unpaired) electrons. The summed E-state index contributed by atoms with van der Waals surface area (Å²) in [4.78, 5) is 45.9. The van der Waals surface area contributed by atoms with Crippen LogP contribution in [0, 0.1) is 0 Å². The van der Waals surface area contributed by atoms with Gasteiger partial charge in [0.05, 0.1) is 18.3 Å². The normalized spacial score (nSPS) is 21.4. The number of rotatable bonds is 6. The summed E-state index contributed by atoms with van der Waals surface area (Å²) in [6.07, 6.45) is 0. The maximum atomic E-state index is 12.5. The van der Waals surface area contributed by atoms with Crippen molar-refractivity contribution in [2.24, 2.45) is 5.16 Å². The van der Waals surface area contributed by atoms with Gasteiger partial charge in [-0.15, -0.1) is 23.1 Å². The molecule has 2 aliphatic heterocycles. The molecule has 2 amide bonds. The molecule has 1 saturated heterocycles. The largest absolute Gasteiger partial charge is 1.00 e. The Bertz CT molecular complexity index is 872. The number of nitrogens with one attached hydrogen (secondary N) is 1. The summed E-state index contributed by atoms with van der Waals surface area (Å²) < 4.78 is 0. The number of carboxylic acid groups (broad SMARTS) is 1. The van der Waals surface area contributed by atoms with Gasteiger partial charge in [0.15, 0.2) is 10.8 Å². The smallest absolute Gasteiger partial charge is 0.543 e. The van der Waals surface area contributed by atoms with E-state index in [1.165, 1.54) is 24.3 Å². The van der Waals surface area contributed by atoms with Crippen molar-refractivity contribution in [3.8, 4) is 0 Å². The molecule has 3 rings (SSSR count). The fourth-order valence-electron chi connectivity index (χ4n) is 2.70. The maximum absolute atomic E-state index is 12.5. The number of aliphatic hydroxyl groups excluding tert-OH is 1. The Kier molecular flexibility index (Phi) is 8.03. The number of thiazole rings is 1. The Morgan fingerprint density at radius 3 is 2.82 bits per heavy atom. The first-order valence-corrected chi connectivity index (χ1v) is 9.44. The quantitative estimate of drug-likeness (QED) is 0.165. The minimum Gasteiger partial charge on any atom is -0.543 e. The minimum absolute atomic E-state index is 0. The number of carbonyl (C=O) groups excluding carboxylic acids is 3. The van der Waals surface area contributed by atoms with Crippen molar-refractivity contribution in [3.05, 3.63) is 22.3 Å². The number of fused-ring (bicyclic) bond motifs is 1. The van der Waals surface area contributed by atoms with Gasteiger partial charge in [0.1, 0.15) is 24.2 Å². The molecule has 0 aliphatic carbocycles. The molecular formula is C14H14KN5O6S2. The number of nitrogen functional groups attached to an aromatic ring is 1. The second kappa shape index (κ2) is 9.66. The van der Waals surface area contributed by atoms with Crippen molar-refractivity contribution in [3.63, 3.8) is 0 Å². The van der Waals surface area contributed by atoms with E-state index < -0.39 is 35.8 Å². The first kappa shape index (κ1) is 23.3. The predicted octanol–water partition coefficient (Wildman–Crippen LogP) is -5.52. The molecule has 0 unspecified atom stereocenters. The molecule has 0 aromatic carbocycles. The van der Waals surface area contributed by atoms with Crippen molar-refractivity contribution in [2.45, 2.75) is 11.4 Å². The summed E-state index contributed by atoms with van der Waals surface area (Å²) in [7, 11) is 1.25. The molecule has 14 heteroatoms. The van der Waals surface area contributed by atoms with Gasteiger partial charge in [-0.25, -0.2) is 4.98 Å². The third-order valence-electron chi connectivity index (χ3n) is 3.88. The summed E-state index contributed by atoms with van der Waals surface area (Å²) in [5, 5.41) is 27.9. The number of oxime groups is 1. The van der Waals surface area contributed by atoms with Crippen molar-refractivity contribution in [2.75, 3.05) is 25.2 Å². The molecule has 3 heterocycles. The molecule has 1 aromatic heterocycles. The van der Waals surface area contributed by atoms with E-state index in [4.69, 9.17) is 5.73 Å². The third-order valence-corrected chi connectivity index (χ3v) is 5.89. The molecule has 144 valence electrons. The zero-order chi connectivity index (χ0) is 19.7. The van der Waals surface area contributed by atoms with Gasteiger partial charge < -0.3 is 30.9 Å². The number of thioether (sulfide) groups is 1. The average Bonchev–Trinajstić information content (AvgIpc) is 3.08. The van der Waals surface area contributed by atoms with Crippen molar-refractivity contribution < 1.29 is 80.8 Å². The molecule has 1 fully saturated rings. The van der Waals surface area contributed by atoms with Gasteiger partial charge in [0, 0.05) is 11.1 Å². The molecule has 2 atom stereocenters. The summed E-state index contributed by atoms with van der Waals surface area (Å²) in [5.41, 5.74) is 5.42. The van der Waals surface area contributed by atoms with Crippen LogP contribution in [0.2, 0.25) is 0 Å². The maximum Gasteiger partial charge on any atom is 1.00 e.